The summed E-state index contributed by atoms with van der Waals surface area (Å²) in [7, 11) is 0. The Balaban J connectivity index is 2.07. The van der Waals surface area contributed by atoms with E-state index in [4.69, 9.17) is 5.73 Å². The van der Waals surface area contributed by atoms with Crippen molar-refractivity contribution in [1.29, 1.82) is 0 Å². The van der Waals surface area contributed by atoms with Gasteiger partial charge in [0.15, 0.2) is 0 Å². The Bertz CT molecular complexity index is 794. The van der Waals surface area contributed by atoms with Crippen molar-refractivity contribution >= 4 is 28.3 Å². The minimum Gasteiger partial charge on any atom is -0.396 e. The van der Waals surface area contributed by atoms with Crippen molar-refractivity contribution in [1.82, 2.24) is 9.78 Å². The molecule has 2 aromatic carbocycles. The lowest BCUT2D eigenvalue weighted by molar-refractivity contribution is 0.625. The summed E-state index contributed by atoms with van der Waals surface area (Å²) in [6, 6.07) is 12.6. The van der Waals surface area contributed by atoms with Gasteiger partial charge in [-0.25, -0.2) is 9.07 Å². The van der Waals surface area contributed by atoms with Gasteiger partial charge in [0.25, 0.3) is 0 Å². The molecule has 106 valence electrons. The number of rotatable bonds is 2. The highest BCUT2D eigenvalue weighted by Gasteiger charge is 2.11. The number of benzene rings is 2. The molecule has 1 aromatic heterocycles. The Morgan fingerprint density at radius 2 is 1.86 bits per heavy atom. The number of nitrogens with two attached hydrogens (primary N) is 1. The molecule has 2 N–H and O–H groups in total. The Morgan fingerprint density at radius 3 is 2.52 bits per heavy atom. The minimum atomic E-state index is -0.255. The fraction of sp³-hybridized carbons (Fsp3) is 0.0625. The van der Waals surface area contributed by atoms with Crippen molar-refractivity contribution in [3.8, 4) is 16.9 Å². The van der Waals surface area contributed by atoms with Crippen molar-refractivity contribution in [3.63, 3.8) is 0 Å². The fourth-order valence-electron chi connectivity index (χ4n) is 2.22. The van der Waals surface area contributed by atoms with E-state index in [1.54, 1.807) is 16.9 Å². The van der Waals surface area contributed by atoms with Gasteiger partial charge in [-0.1, -0.05) is 12.1 Å². The molecule has 21 heavy (non-hydrogen) atoms. The van der Waals surface area contributed by atoms with E-state index in [1.165, 1.54) is 12.1 Å². The minimum absolute atomic E-state index is 0.255. The highest BCUT2D eigenvalue weighted by molar-refractivity contribution is 14.1. The topological polar surface area (TPSA) is 43.8 Å². The first-order valence-electron chi connectivity index (χ1n) is 6.42. The number of nitrogen functional groups attached to an aromatic ring is 1. The Labute approximate surface area is 135 Å². The third-order valence-corrected chi connectivity index (χ3v) is 3.99. The van der Waals surface area contributed by atoms with Gasteiger partial charge in [-0.15, -0.1) is 0 Å². The molecule has 0 aliphatic carbocycles. The second-order valence-corrected chi connectivity index (χ2v) is 6.06. The first-order chi connectivity index (χ1) is 10.0. The van der Waals surface area contributed by atoms with Crippen LogP contribution in [0.4, 0.5) is 10.1 Å². The van der Waals surface area contributed by atoms with Crippen LogP contribution < -0.4 is 5.73 Å². The van der Waals surface area contributed by atoms with Gasteiger partial charge in [0.1, 0.15) is 11.5 Å². The van der Waals surface area contributed by atoms with E-state index >= 15 is 0 Å². The standard InChI is InChI=1S/C16H13FIN3/c1-10-8-12(17)4-7-15(10)21-9-14(19)16(20-21)11-2-5-13(18)6-3-11/h2-9H,19H2,1H3. The number of hydrogen-bond acceptors (Lipinski definition) is 2. The summed E-state index contributed by atoms with van der Waals surface area (Å²) in [5.41, 5.74) is 9.99. The second kappa shape index (κ2) is 5.48. The van der Waals surface area contributed by atoms with Crippen LogP contribution in [0.15, 0.2) is 48.7 Å². The maximum absolute atomic E-state index is 13.2. The third kappa shape index (κ3) is 2.78. The van der Waals surface area contributed by atoms with Crippen LogP contribution in [0, 0.1) is 16.3 Å². The predicted octanol–water partition coefficient (Wildman–Crippen LogP) is 4.17. The summed E-state index contributed by atoms with van der Waals surface area (Å²) in [6.07, 6.45) is 1.76. The molecule has 0 spiro atoms. The zero-order valence-electron chi connectivity index (χ0n) is 11.3. The van der Waals surface area contributed by atoms with Crippen LogP contribution in [0.5, 0.6) is 0 Å². The smallest absolute Gasteiger partial charge is 0.123 e. The number of hydrogen-bond donors (Lipinski definition) is 1. The Hall–Kier alpha value is -1.89. The molecular formula is C16H13FIN3. The molecule has 0 amide bonds. The molecule has 3 aromatic rings. The van der Waals surface area contributed by atoms with Crippen LogP contribution >= 0.6 is 22.6 Å². The van der Waals surface area contributed by atoms with Crippen molar-refractivity contribution in [2.45, 2.75) is 6.92 Å². The molecule has 0 aliphatic heterocycles. The largest absolute Gasteiger partial charge is 0.396 e. The average molecular weight is 393 g/mol. The Morgan fingerprint density at radius 1 is 1.14 bits per heavy atom. The van der Waals surface area contributed by atoms with E-state index in [1.807, 2.05) is 31.2 Å². The van der Waals surface area contributed by atoms with Crippen molar-refractivity contribution in [2.24, 2.45) is 0 Å². The van der Waals surface area contributed by atoms with Crippen molar-refractivity contribution < 1.29 is 4.39 Å². The number of halogens is 2. The summed E-state index contributed by atoms with van der Waals surface area (Å²) >= 11 is 2.25. The molecule has 3 rings (SSSR count). The SMILES string of the molecule is Cc1cc(F)ccc1-n1cc(N)c(-c2ccc(I)cc2)n1. The van der Waals surface area contributed by atoms with Gasteiger partial charge in [0.2, 0.25) is 0 Å². The lowest BCUT2D eigenvalue weighted by Gasteiger charge is -2.05. The van der Waals surface area contributed by atoms with E-state index in [9.17, 15) is 4.39 Å². The van der Waals surface area contributed by atoms with Gasteiger partial charge in [-0.2, -0.15) is 5.10 Å². The fourth-order valence-corrected chi connectivity index (χ4v) is 2.58. The summed E-state index contributed by atoms with van der Waals surface area (Å²) in [6.45, 7) is 1.85. The average Bonchev–Trinajstić information content (AvgIpc) is 2.81. The first-order valence-corrected chi connectivity index (χ1v) is 7.50. The quantitative estimate of drug-likeness (QED) is 0.665. The highest BCUT2D eigenvalue weighted by atomic mass is 127. The zero-order valence-corrected chi connectivity index (χ0v) is 13.5. The maximum atomic E-state index is 13.2. The van der Waals surface area contributed by atoms with Gasteiger partial charge in [0.05, 0.1) is 17.6 Å². The molecule has 0 aliphatic rings. The van der Waals surface area contributed by atoms with E-state index in [-0.39, 0.29) is 5.82 Å². The van der Waals surface area contributed by atoms with Crippen LogP contribution in [-0.2, 0) is 0 Å². The second-order valence-electron chi connectivity index (χ2n) is 4.82. The zero-order chi connectivity index (χ0) is 15.0. The molecule has 1 heterocycles. The van der Waals surface area contributed by atoms with Gasteiger partial charge in [-0.3, -0.25) is 0 Å². The number of aromatic nitrogens is 2. The summed E-state index contributed by atoms with van der Waals surface area (Å²) < 4.78 is 16.0. The van der Waals surface area contributed by atoms with Gasteiger partial charge in [-0.05, 0) is 65.4 Å². The normalized spacial score (nSPS) is 10.8. The van der Waals surface area contributed by atoms with Crippen LogP contribution in [-0.4, -0.2) is 9.78 Å². The molecule has 0 fully saturated rings. The van der Waals surface area contributed by atoms with Gasteiger partial charge >= 0.3 is 0 Å². The van der Waals surface area contributed by atoms with Crippen LogP contribution in [0.2, 0.25) is 0 Å². The maximum Gasteiger partial charge on any atom is 0.123 e. The number of nitrogens with zero attached hydrogens (tertiary/aromatic N) is 2. The molecular weight excluding hydrogens is 380 g/mol. The molecule has 3 nitrogen and oxygen atoms in total. The molecule has 0 radical (unpaired) electrons. The summed E-state index contributed by atoms with van der Waals surface area (Å²) in [5.74, 6) is -0.255. The third-order valence-electron chi connectivity index (χ3n) is 3.27. The van der Waals surface area contributed by atoms with Crippen LogP contribution in [0.3, 0.4) is 0 Å². The lowest BCUT2D eigenvalue weighted by atomic mass is 10.1. The van der Waals surface area contributed by atoms with E-state index < -0.39 is 0 Å². The highest BCUT2D eigenvalue weighted by Crippen LogP contribution is 2.27. The van der Waals surface area contributed by atoms with E-state index in [0.717, 1.165) is 26.1 Å². The molecule has 0 saturated carbocycles. The molecule has 0 atom stereocenters. The van der Waals surface area contributed by atoms with Crippen molar-refractivity contribution in [2.75, 3.05) is 5.73 Å². The summed E-state index contributed by atoms with van der Waals surface area (Å²) in [4.78, 5) is 0. The lowest BCUT2D eigenvalue weighted by Crippen LogP contribution is -1.98. The summed E-state index contributed by atoms with van der Waals surface area (Å²) in [5, 5.41) is 4.54. The van der Waals surface area contributed by atoms with E-state index in [2.05, 4.69) is 27.7 Å². The monoisotopic (exact) mass is 393 g/mol. The van der Waals surface area contributed by atoms with Crippen LogP contribution in [0.25, 0.3) is 16.9 Å². The predicted molar refractivity (Wildman–Crippen MR) is 90.8 cm³/mol. The molecule has 0 unspecified atom stereocenters. The van der Waals surface area contributed by atoms with Gasteiger partial charge < -0.3 is 5.73 Å². The molecule has 0 bridgehead atoms. The molecule has 0 saturated heterocycles. The first kappa shape index (κ1) is 14.1. The van der Waals surface area contributed by atoms with E-state index in [0.29, 0.717) is 5.69 Å². The number of aryl methyl sites for hydroxylation is 1. The van der Waals surface area contributed by atoms with Crippen molar-refractivity contribution in [3.05, 3.63) is 63.6 Å². The van der Waals surface area contributed by atoms with Crippen LogP contribution in [0.1, 0.15) is 5.56 Å². The Kier molecular flexibility index (Phi) is 3.67. The number of anilines is 1. The molecule has 5 heteroatoms. The van der Waals surface area contributed by atoms with Gasteiger partial charge in [0, 0.05) is 9.13 Å².